The normalized spacial score (nSPS) is 15.6. The number of methoxy groups -OCH3 is 1. The van der Waals surface area contributed by atoms with Gasteiger partial charge in [-0.25, -0.2) is 4.39 Å². The summed E-state index contributed by atoms with van der Waals surface area (Å²) in [5.74, 6) is 0.366. The molecular weight excluding hydrogens is 357 g/mol. The van der Waals surface area contributed by atoms with Gasteiger partial charge in [0.15, 0.2) is 0 Å². The number of benzene rings is 2. The predicted molar refractivity (Wildman–Crippen MR) is 108 cm³/mol. The molecule has 1 N–H and O–H groups in total. The molecule has 5 heteroatoms. The van der Waals surface area contributed by atoms with Crippen molar-refractivity contribution >= 4 is 5.91 Å². The second kappa shape index (κ2) is 9.02. The topological polar surface area (TPSA) is 47.6 Å². The van der Waals surface area contributed by atoms with E-state index < -0.39 is 5.41 Å². The largest absolute Gasteiger partial charge is 0.496 e. The number of carbonyl (C=O) groups excluding carboxylic acids is 1. The van der Waals surface area contributed by atoms with Gasteiger partial charge in [0.1, 0.15) is 11.6 Å². The van der Waals surface area contributed by atoms with Gasteiger partial charge in [-0.05, 0) is 48.6 Å². The molecule has 1 aliphatic rings. The molecule has 2 aromatic carbocycles. The van der Waals surface area contributed by atoms with E-state index in [-0.39, 0.29) is 11.7 Å². The van der Waals surface area contributed by atoms with Crippen molar-refractivity contribution in [3.05, 3.63) is 66.5 Å². The summed E-state index contributed by atoms with van der Waals surface area (Å²) in [5.41, 5.74) is 2.17. The van der Waals surface area contributed by atoms with E-state index in [0.29, 0.717) is 50.3 Å². The third-order valence-corrected chi connectivity index (χ3v) is 5.31. The van der Waals surface area contributed by atoms with E-state index in [2.05, 4.69) is 11.9 Å². The van der Waals surface area contributed by atoms with Gasteiger partial charge in [-0.1, -0.05) is 30.3 Å². The van der Waals surface area contributed by atoms with Gasteiger partial charge >= 0.3 is 0 Å². The van der Waals surface area contributed by atoms with Crippen LogP contribution in [-0.2, 0) is 16.0 Å². The third kappa shape index (κ3) is 4.42. The van der Waals surface area contributed by atoms with Crippen LogP contribution in [0.3, 0.4) is 0 Å². The maximum Gasteiger partial charge on any atom is 0.226 e. The van der Waals surface area contributed by atoms with Crippen molar-refractivity contribution in [1.29, 1.82) is 0 Å². The first kappa shape index (κ1) is 20.1. The molecule has 2 aromatic rings. The number of nitrogens with one attached hydrogen (secondary N) is 1. The van der Waals surface area contributed by atoms with Crippen LogP contribution in [0.5, 0.6) is 5.75 Å². The van der Waals surface area contributed by atoms with Crippen molar-refractivity contribution in [3.8, 4) is 16.9 Å². The first-order valence-electron chi connectivity index (χ1n) is 9.48. The zero-order valence-electron chi connectivity index (χ0n) is 16.2. The lowest BCUT2D eigenvalue weighted by atomic mass is 9.74. The van der Waals surface area contributed by atoms with E-state index >= 15 is 0 Å². The highest BCUT2D eigenvalue weighted by Gasteiger charge is 2.39. The summed E-state index contributed by atoms with van der Waals surface area (Å²) in [6, 6.07) is 12.4. The first-order valence-corrected chi connectivity index (χ1v) is 9.48. The molecule has 0 aromatic heterocycles. The molecule has 1 heterocycles. The van der Waals surface area contributed by atoms with Crippen molar-refractivity contribution in [2.45, 2.75) is 19.3 Å². The van der Waals surface area contributed by atoms with Gasteiger partial charge in [-0.3, -0.25) is 4.79 Å². The van der Waals surface area contributed by atoms with Crippen LogP contribution >= 0.6 is 0 Å². The summed E-state index contributed by atoms with van der Waals surface area (Å²) in [5, 5.41) is 2.95. The summed E-state index contributed by atoms with van der Waals surface area (Å²) in [6.07, 6.45) is 3.71. The Bertz CT molecular complexity index is 826. The van der Waals surface area contributed by atoms with Crippen molar-refractivity contribution in [2.24, 2.45) is 5.41 Å². The Labute approximate surface area is 165 Å². The van der Waals surface area contributed by atoms with Crippen LogP contribution in [0, 0.1) is 11.2 Å². The number of hydrogen-bond acceptors (Lipinski definition) is 3. The number of halogens is 1. The standard InChI is InChI=1S/C23H26FNO3/c1-3-12-25-22(26)23(10-13-28-14-11-23)16-17-4-6-18(7-5-17)20-15-19(24)8-9-21(20)27-2/h3-9,15H,1,10-14,16H2,2H3,(H,25,26). The molecule has 0 saturated carbocycles. The monoisotopic (exact) mass is 383 g/mol. The Morgan fingerprint density at radius 3 is 2.61 bits per heavy atom. The molecule has 0 atom stereocenters. The Hall–Kier alpha value is -2.66. The average Bonchev–Trinajstić information content (AvgIpc) is 2.73. The van der Waals surface area contributed by atoms with Gasteiger partial charge < -0.3 is 14.8 Å². The molecule has 0 aliphatic carbocycles. The predicted octanol–water partition coefficient (Wildman–Crippen LogP) is 4.14. The van der Waals surface area contributed by atoms with Crippen LogP contribution in [-0.4, -0.2) is 32.8 Å². The van der Waals surface area contributed by atoms with Gasteiger partial charge in [0.05, 0.1) is 12.5 Å². The maximum absolute atomic E-state index is 13.7. The summed E-state index contributed by atoms with van der Waals surface area (Å²) in [7, 11) is 1.57. The highest BCUT2D eigenvalue weighted by Crippen LogP contribution is 2.36. The fourth-order valence-corrected chi connectivity index (χ4v) is 3.70. The van der Waals surface area contributed by atoms with Crippen LogP contribution in [0.15, 0.2) is 55.1 Å². The number of hydrogen-bond donors (Lipinski definition) is 1. The van der Waals surface area contributed by atoms with Gasteiger partial charge in [0, 0.05) is 25.3 Å². The first-order chi connectivity index (χ1) is 13.6. The molecule has 0 spiro atoms. The summed E-state index contributed by atoms with van der Waals surface area (Å²) in [4.78, 5) is 12.8. The lowest BCUT2D eigenvalue weighted by molar-refractivity contribution is -0.136. The lowest BCUT2D eigenvalue weighted by Gasteiger charge is -2.36. The second-order valence-electron chi connectivity index (χ2n) is 7.11. The van der Waals surface area contributed by atoms with Crippen LogP contribution in [0.25, 0.3) is 11.1 Å². The zero-order valence-corrected chi connectivity index (χ0v) is 16.2. The molecule has 1 amide bonds. The zero-order chi connectivity index (χ0) is 20.0. The third-order valence-electron chi connectivity index (χ3n) is 5.31. The lowest BCUT2D eigenvalue weighted by Crippen LogP contribution is -2.46. The van der Waals surface area contributed by atoms with Crippen molar-refractivity contribution in [2.75, 3.05) is 26.9 Å². The molecular formula is C23H26FNO3. The van der Waals surface area contributed by atoms with E-state index in [0.717, 1.165) is 11.1 Å². The number of ether oxygens (including phenoxy) is 2. The van der Waals surface area contributed by atoms with Gasteiger partial charge in [-0.15, -0.1) is 6.58 Å². The van der Waals surface area contributed by atoms with E-state index in [1.807, 2.05) is 24.3 Å². The Balaban J connectivity index is 1.83. The fraction of sp³-hybridized carbons (Fsp3) is 0.348. The highest BCUT2D eigenvalue weighted by molar-refractivity contribution is 5.83. The summed E-state index contributed by atoms with van der Waals surface area (Å²) < 4.78 is 24.5. The maximum atomic E-state index is 13.7. The van der Waals surface area contributed by atoms with Gasteiger partial charge in [0.25, 0.3) is 0 Å². The smallest absolute Gasteiger partial charge is 0.226 e. The van der Waals surface area contributed by atoms with Crippen LogP contribution in [0.4, 0.5) is 4.39 Å². The quantitative estimate of drug-likeness (QED) is 0.731. The molecule has 1 aliphatic heterocycles. The summed E-state index contributed by atoms with van der Waals surface area (Å²) >= 11 is 0. The van der Waals surface area contributed by atoms with Crippen molar-refractivity contribution in [1.82, 2.24) is 5.32 Å². The molecule has 1 fully saturated rings. The minimum Gasteiger partial charge on any atom is -0.496 e. The van der Waals surface area contributed by atoms with E-state index in [4.69, 9.17) is 9.47 Å². The number of amides is 1. The highest BCUT2D eigenvalue weighted by atomic mass is 19.1. The number of carbonyl (C=O) groups is 1. The van der Waals surface area contributed by atoms with Crippen molar-refractivity contribution in [3.63, 3.8) is 0 Å². The van der Waals surface area contributed by atoms with Crippen molar-refractivity contribution < 1.29 is 18.7 Å². The average molecular weight is 383 g/mol. The minimum atomic E-state index is -0.473. The molecule has 0 unspecified atom stereocenters. The second-order valence-corrected chi connectivity index (χ2v) is 7.11. The molecule has 0 bridgehead atoms. The molecule has 28 heavy (non-hydrogen) atoms. The van der Waals surface area contributed by atoms with E-state index in [9.17, 15) is 9.18 Å². The summed E-state index contributed by atoms with van der Waals surface area (Å²) in [6.45, 7) is 5.29. The molecule has 4 nitrogen and oxygen atoms in total. The SMILES string of the molecule is C=CCNC(=O)C1(Cc2ccc(-c3cc(F)ccc3OC)cc2)CCOCC1. The van der Waals surface area contributed by atoms with Crippen LogP contribution in [0.1, 0.15) is 18.4 Å². The Kier molecular flexibility index (Phi) is 6.47. The molecule has 148 valence electrons. The fourth-order valence-electron chi connectivity index (χ4n) is 3.70. The Morgan fingerprint density at radius 1 is 1.25 bits per heavy atom. The van der Waals surface area contributed by atoms with Crippen LogP contribution in [0.2, 0.25) is 0 Å². The van der Waals surface area contributed by atoms with Gasteiger partial charge in [-0.2, -0.15) is 0 Å². The molecule has 0 radical (unpaired) electrons. The minimum absolute atomic E-state index is 0.0478. The van der Waals surface area contributed by atoms with Crippen LogP contribution < -0.4 is 10.1 Å². The van der Waals surface area contributed by atoms with E-state index in [1.54, 1.807) is 19.3 Å². The Morgan fingerprint density at radius 2 is 1.96 bits per heavy atom. The molecule has 1 saturated heterocycles. The van der Waals surface area contributed by atoms with Gasteiger partial charge in [0.2, 0.25) is 5.91 Å². The number of rotatable bonds is 7. The molecule has 3 rings (SSSR count). The van der Waals surface area contributed by atoms with E-state index in [1.165, 1.54) is 12.1 Å².